The van der Waals surface area contributed by atoms with E-state index >= 15 is 0 Å². The third kappa shape index (κ3) is 70.9. The maximum Gasteiger partial charge on any atom is 0.472 e. The molecular weight excluding hydrogens is 1280 g/mol. The summed E-state index contributed by atoms with van der Waals surface area (Å²) in [6, 6.07) is 0. The highest BCUT2D eigenvalue weighted by atomic mass is 31.2. The zero-order valence-corrected chi connectivity index (χ0v) is 64.0. The largest absolute Gasteiger partial charge is 0.472 e. The van der Waals surface area contributed by atoms with E-state index in [0.717, 1.165) is 154 Å². The van der Waals surface area contributed by atoms with Crippen LogP contribution in [-0.2, 0) is 65.4 Å². The fourth-order valence-corrected chi connectivity index (χ4v) is 12.2. The van der Waals surface area contributed by atoms with Gasteiger partial charge in [-0.3, -0.25) is 37.3 Å². The molecule has 0 spiro atoms. The molecule has 0 heterocycles. The third-order valence-electron chi connectivity index (χ3n) is 16.7. The van der Waals surface area contributed by atoms with E-state index in [1.165, 1.54) is 116 Å². The molecule has 17 nitrogen and oxygen atoms in total. The molecule has 0 amide bonds. The van der Waals surface area contributed by atoms with Crippen LogP contribution in [0.3, 0.4) is 0 Å². The lowest BCUT2D eigenvalue weighted by Gasteiger charge is -2.21. The van der Waals surface area contributed by atoms with E-state index in [1.54, 1.807) is 0 Å². The summed E-state index contributed by atoms with van der Waals surface area (Å²) in [4.78, 5) is 72.9. The van der Waals surface area contributed by atoms with Crippen LogP contribution in [0.2, 0.25) is 0 Å². The molecule has 0 saturated heterocycles. The van der Waals surface area contributed by atoms with Crippen molar-refractivity contribution in [1.29, 1.82) is 0 Å². The molecule has 0 radical (unpaired) electrons. The van der Waals surface area contributed by atoms with Gasteiger partial charge in [0.15, 0.2) is 12.2 Å². The van der Waals surface area contributed by atoms with E-state index in [2.05, 4.69) is 101 Å². The number of aliphatic hydroxyl groups is 1. The lowest BCUT2D eigenvalue weighted by atomic mass is 10.1. The number of carbonyl (C=O) groups is 4. The fourth-order valence-electron chi connectivity index (χ4n) is 10.6. The first kappa shape index (κ1) is 94.5. The number of aliphatic hydroxyl groups excluding tert-OH is 1. The van der Waals surface area contributed by atoms with Gasteiger partial charge in [0, 0.05) is 25.7 Å². The topological polar surface area (TPSA) is 237 Å². The number of rotatable bonds is 74. The van der Waals surface area contributed by atoms with E-state index in [1.807, 2.05) is 0 Å². The Kier molecular flexibility index (Phi) is 69.3. The average molecular weight is 1430 g/mol. The number of allylic oxidation sites excluding steroid dienone is 12. The summed E-state index contributed by atoms with van der Waals surface area (Å²) in [5.41, 5.74) is 0. The highest BCUT2D eigenvalue weighted by Gasteiger charge is 2.30. The summed E-state index contributed by atoms with van der Waals surface area (Å²) in [6.45, 7) is 4.80. The van der Waals surface area contributed by atoms with Crippen LogP contribution in [0, 0.1) is 0 Å². The minimum atomic E-state index is -4.98. The Morgan fingerprint density at radius 3 is 0.776 bits per heavy atom. The molecule has 0 aliphatic carbocycles. The highest BCUT2D eigenvalue weighted by molar-refractivity contribution is 7.47. The van der Waals surface area contributed by atoms with Gasteiger partial charge in [-0.1, -0.05) is 268 Å². The summed E-state index contributed by atoms with van der Waals surface area (Å²) in [5, 5.41) is 10.6. The van der Waals surface area contributed by atoms with Crippen molar-refractivity contribution in [3.05, 3.63) is 72.9 Å². The highest BCUT2D eigenvalue weighted by Crippen LogP contribution is 2.45. The first-order chi connectivity index (χ1) is 47.7. The number of esters is 4. The first-order valence-corrected chi connectivity index (χ1v) is 42.2. The maximum absolute atomic E-state index is 13.1. The van der Waals surface area contributed by atoms with Crippen LogP contribution in [0.4, 0.5) is 0 Å². The van der Waals surface area contributed by atoms with Gasteiger partial charge in [-0.2, -0.15) is 0 Å². The van der Waals surface area contributed by atoms with Gasteiger partial charge < -0.3 is 33.8 Å². The van der Waals surface area contributed by atoms with E-state index in [4.69, 9.17) is 37.0 Å². The van der Waals surface area contributed by atoms with Gasteiger partial charge in [-0.25, -0.2) is 9.13 Å². The summed E-state index contributed by atoms with van der Waals surface area (Å²) >= 11 is 0. The molecule has 0 rings (SSSR count). The fraction of sp³-hybridized carbons (Fsp3) is 0.797. The molecule has 2 unspecified atom stereocenters. The Labute approximate surface area is 596 Å². The maximum atomic E-state index is 13.1. The second-order valence-electron chi connectivity index (χ2n) is 26.3. The number of unbranched alkanes of at least 4 members (excludes halogenated alkanes) is 38. The van der Waals surface area contributed by atoms with Gasteiger partial charge in [0.2, 0.25) is 0 Å². The monoisotopic (exact) mass is 1420 g/mol. The smallest absolute Gasteiger partial charge is 0.462 e. The predicted molar refractivity (Wildman–Crippen MR) is 400 cm³/mol. The number of ether oxygens (including phenoxy) is 4. The Balaban J connectivity index is 5.37. The second kappa shape index (κ2) is 71.9. The molecular formula is C79H142O17P2. The second-order valence-corrected chi connectivity index (χ2v) is 29.3. The predicted octanol–water partition coefficient (Wildman–Crippen LogP) is 22.4. The van der Waals surface area contributed by atoms with Crippen molar-refractivity contribution in [3.8, 4) is 0 Å². The summed E-state index contributed by atoms with van der Waals surface area (Å²) in [7, 11) is -9.95. The lowest BCUT2D eigenvalue weighted by Crippen LogP contribution is -2.30. The van der Waals surface area contributed by atoms with Crippen LogP contribution < -0.4 is 0 Å². The Bertz CT molecular complexity index is 2140. The molecule has 0 aromatic carbocycles. The van der Waals surface area contributed by atoms with Gasteiger partial charge in [0.25, 0.3) is 0 Å². The van der Waals surface area contributed by atoms with Crippen molar-refractivity contribution in [2.24, 2.45) is 0 Å². The number of carbonyl (C=O) groups excluding carboxylic acids is 4. The summed E-state index contributed by atoms with van der Waals surface area (Å²) in [5.74, 6) is -2.21. The Morgan fingerprint density at radius 1 is 0.286 bits per heavy atom. The van der Waals surface area contributed by atoms with E-state index in [-0.39, 0.29) is 25.7 Å². The van der Waals surface area contributed by atoms with Crippen LogP contribution >= 0.6 is 15.6 Å². The van der Waals surface area contributed by atoms with Crippen LogP contribution in [0.5, 0.6) is 0 Å². The van der Waals surface area contributed by atoms with Crippen molar-refractivity contribution < 1.29 is 80.2 Å². The zero-order chi connectivity index (χ0) is 71.8. The number of hydrogen-bond donors (Lipinski definition) is 3. The molecule has 0 fully saturated rings. The van der Waals surface area contributed by atoms with Gasteiger partial charge >= 0.3 is 39.5 Å². The van der Waals surface area contributed by atoms with E-state index in [9.17, 15) is 43.2 Å². The Morgan fingerprint density at radius 2 is 0.500 bits per heavy atom. The molecule has 0 saturated carbocycles. The zero-order valence-electron chi connectivity index (χ0n) is 62.2. The van der Waals surface area contributed by atoms with Crippen LogP contribution in [0.25, 0.3) is 0 Å². The van der Waals surface area contributed by atoms with Crippen LogP contribution in [-0.4, -0.2) is 96.7 Å². The van der Waals surface area contributed by atoms with Gasteiger partial charge in [0.1, 0.15) is 19.3 Å². The molecule has 570 valence electrons. The third-order valence-corrected chi connectivity index (χ3v) is 18.6. The van der Waals surface area contributed by atoms with Gasteiger partial charge in [0.05, 0.1) is 26.4 Å². The van der Waals surface area contributed by atoms with Crippen LogP contribution in [0.1, 0.15) is 349 Å². The SMILES string of the molecule is CCCCCC/C=C\C=C/CCCCCCCC(=O)OC[C@H](COP(=O)(O)OC[C@H](O)COP(=O)(O)OC[C@@H](COC(=O)CCCCCCC/C=C\CCCCCC)OC(=O)CCCCCCC/C=C\CCCCCCCC)OC(=O)CCCCCCC/C=C\C=C/CCCCCC. The first-order valence-electron chi connectivity index (χ1n) is 39.2. The van der Waals surface area contributed by atoms with Crippen molar-refractivity contribution in [2.75, 3.05) is 39.6 Å². The minimum Gasteiger partial charge on any atom is -0.462 e. The molecule has 98 heavy (non-hydrogen) atoms. The standard InChI is InChI=1S/C79H142O17P2/c1-5-9-13-17-21-25-29-33-36-40-44-48-52-56-60-64-77(82)90-70-75(96-79(84)66-62-58-54-50-46-42-38-35-31-27-23-19-15-11-7-3)72-94-98(87,88)92-68-73(80)67-91-97(85,86)93-71-74(69-89-76(81)63-59-55-51-47-43-39-32-28-24-20-16-12-8-4)95-78(83)65-61-57-53-49-45-41-37-34-30-26-22-18-14-10-6-2/h25,27-29,31-38,73-75,80H,5-24,26,30,39-72H2,1-4H3,(H,85,86)(H,87,88)/b29-25-,31-27-,32-28-,36-33-,37-34-,38-35-/t73-,74-,75-/m1/s1. The van der Waals surface area contributed by atoms with Gasteiger partial charge in [-0.05, 0) is 128 Å². The number of phosphoric ester groups is 2. The molecule has 3 N–H and O–H groups in total. The average Bonchev–Trinajstić information content (AvgIpc) is 1.04. The minimum absolute atomic E-state index is 0.0760. The lowest BCUT2D eigenvalue weighted by molar-refractivity contribution is -0.161. The molecule has 0 aromatic rings. The van der Waals surface area contributed by atoms with Crippen molar-refractivity contribution >= 4 is 39.5 Å². The van der Waals surface area contributed by atoms with Gasteiger partial charge in [-0.15, -0.1) is 0 Å². The normalized spacial score (nSPS) is 14.3. The van der Waals surface area contributed by atoms with E-state index in [0.29, 0.717) is 25.7 Å². The summed E-state index contributed by atoms with van der Waals surface area (Å²) < 4.78 is 68.5. The molecule has 0 aliphatic heterocycles. The summed E-state index contributed by atoms with van der Waals surface area (Å²) in [6.07, 6.45) is 71.6. The number of phosphoric acid groups is 2. The Hall–Kier alpha value is -3.50. The van der Waals surface area contributed by atoms with Crippen molar-refractivity contribution in [1.82, 2.24) is 0 Å². The number of hydrogen-bond acceptors (Lipinski definition) is 15. The molecule has 0 bridgehead atoms. The molecule has 0 aliphatic rings. The molecule has 19 heteroatoms. The molecule has 5 atom stereocenters. The van der Waals surface area contributed by atoms with E-state index < -0.39 is 97.5 Å². The van der Waals surface area contributed by atoms with Crippen LogP contribution in [0.15, 0.2) is 72.9 Å². The molecule has 0 aromatic heterocycles. The quantitative estimate of drug-likeness (QED) is 0.0128. The van der Waals surface area contributed by atoms with Crippen molar-refractivity contribution in [3.63, 3.8) is 0 Å². The van der Waals surface area contributed by atoms with Crippen molar-refractivity contribution in [2.45, 2.75) is 367 Å².